The molecule has 3 rings (SSSR count). The van der Waals surface area contributed by atoms with E-state index in [1.54, 1.807) is 7.11 Å². The van der Waals surface area contributed by atoms with Crippen molar-refractivity contribution in [1.82, 2.24) is 10.2 Å². The molecule has 2 fully saturated rings. The maximum Gasteiger partial charge on any atom is 0.240 e. The molecule has 1 aromatic carbocycles. The van der Waals surface area contributed by atoms with Crippen LogP contribution in [0.15, 0.2) is 18.2 Å². The Kier molecular flexibility index (Phi) is 7.00. The molecule has 0 bridgehead atoms. The first-order valence-corrected chi connectivity index (χ1v) is 10.8. The van der Waals surface area contributed by atoms with Crippen molar-refractivity contribution in [3.05, 3.63) is 23.8 Å². The minimum absolute atomic E-state index is 0.194. The van der Waals surface area contributed by atoms with Gasteiger partial charge in [0.05, 0.1) is 31.6 Å². The van der Waals surface area contributed by atoms with Gasteiger partial charge in [0.15, 0.2) is 11.5 Å². The number of nitrogens with one attached hydrogen (secondary N) is 1. The molecule has 3 atom stereocenters. The molecule has 1 aliphatic carbocycles. The fourth-order valence-corrected chi connectivity index (χ4v) is 4.23. The Hall–Kier alpha value is -2.57. The van der Waals surface area contributed by atoms with Crippen LogP contribution in [0.3, 0.4) is 0 Å². The largest absolute Gasteiger partial charge is 0.493 e. The standard InChI is InChI=1S/C23H32N2O5/c1-14(2)13-30-19-10-9-16(11-20(19)29-4)15(3)24-21(26)12-25-22(27)17-7-5-6-8-18(17)23(25)28/h9-11,14-15,17-18H,5-8,12-13H2,1-4H3,(H,24,26)/t15-,17+,18+/m0/s1. The van der Waals surface area contributed by atoms with E-state index in [4.69, 9.17) is 9.47 Å². The molecule has 1 aromatic rings. The van der Waals surface area contributed by atoms with Crippen molar-refractivity contribution in [3.8, 4) is 11.5 Å². The van der Waals surface area contributed by atoms with E-state index in [-0.39, 0.29) is 42.1 Å². The number of carbonyl (C=O) groups excluding carboxylic acids is 3. The van der Waals surface area contributed by atoms with E-state index in [1.165, 1.54) is 0 Å². The van der Waals surface area contributed by atoms with Crippen molar-refractivity contribution in [1.29, 1.82) is 0 Å². The molecule has 0 spiro atoms. The molecule has 164 valence electrons. The first kappa shape index (κ1) is 22.1. The molecule has 3 amide bonds. The molecule has 0 radical (unpaired) electrons. The summed E-state index contributed by atoms with van der Waals surface area (Å²) in [6.45, 7) is 6.37. The van der Waals surface area contributed by atoms with Gasteiger partial charge in [-0.1, -0.05) is 32.8 Å². The lowest BCUT2D eigenvalue weighted by molar-refractivity contribution is -0.143. The Morgan fingerprint density at radius 1 is 1.10 bits per heavy atom. The lowest BCUT2D eigenvalue weighted by Crippen LogP contribution is -2.41. The SMILES string of the molecule is COc1cc([C@H](C)NC(=O)CN2C(=O)[C@@H]3CCCC[C@H]3C2=O)ccc1OCC(C)C. The topological polar surface area (TPSA) is 84.9 Å². The van der Waals surface area contributed by atoms with E-state index in [0.29, 0.717) is 24.0 Å². The third-order valence-electron chi connectivity index (χ3n) is 5.87. The van der Waals surface area contributed by atoms with Gasteiger partial charge in [0, 0.05) is 0 Å². The zero-order valence-corrected chi connectivity index (χ0v) is 18.3. The number of nitrogens with zero attached hydrogens (tertiary/aromatic N) is 1. The number of rotatable bonds is 8. The fourth-order valence-electron chi connectivity index (χ4n) is 4.23. The van der Waals surface area contributed by atoms with Gasteiger partial charge in [-0.2, -0.15) is 0 Å². The van der Waals surface area contributed by atoms with Crippen molar-refractivity contribution in [2.24, 2.45) is 17.8 Å². The summed E-state index contributed by atoms with van der Waals surface area (Å²) in [7, 11) is 1.58. The average molecular weight is 417 g/mol. The highest BCUT2D eigenvalue weighted by Crippen LogP contribution is 2.38. The molecule has 0 unspecified atom stereocenters. The third kappa shape index (κ3) is 4.77. The zero-order chi connectivity index (χ0) is 21.8. The number of hydrogen-bond donors (Lipinski definition) is 1. The van der Waals surface area contributed by atoms with Crippen LogP contribution in [0.1, 0.15) is 58.1 Å². The van der Waals surface area contributed by atoms with Gasteiger partial charge in [-0.15, -0.1) is 0 Å². The van der Waals surface area contributed by atoms with E-state index in [0.717, 1.165) is 36.1 Å². The summed E-state index contributed by atoms with van der Waals surface area (Å²) in [6.07, 6.45) is 3.43. The van der Waals surface area contributed by atoms with Crippen molar-refractivity contribution < 1.29 is 23.9 Å². The van der Waals surface area contributed by atoms with Gasteiger partial charge in [-0.3, -0.25) is 19.3 Å². The number of fused-ring (bicyclic) bond motifs is 1. The number of hydrogen-bond acceptors (Lipinski definition) is 5. The summed E-state index contributed by atoms with van der Waals surface area (Å²) in [5, 5.41) is 2.89. The van der Waals surface area contributed by atoms with Crippen molar-refractivity contribution in [2.75, 3.05) is 20.3 Å². The maximum atomic E-state index is 12.6. The predicted octanol–water partition coefficient (Wildman–Crippen LogP) is 3.08. The number of amides is 3. The number of likely N-dealkylation sites (tertiary alicyclic amines) is 1. The second kappa shape index (κ2) is 9.49. The Balaban J connectivity index is 1.61. The predicted molar refractivity (Wildman–Crippen MR) is 112 cm³/mol. The van der Waals surface area contributed by atoms with E-state index >= 15 is 0 Å². The Labute approximate surface area is 178 Å². The van der Waals surface area contributed by atoms with Gasteiger partial charge in [0.25, 0.3) is 0 Å². The number of carbonyl (C=O) groups is 3. The van der Waals surface area contributed by atoms with E-state index in [9.17, 15) is 14.4 Å². The third-order valence-corrected chi connectivity index (χ3v) is 5.87. The number of imide groups is 1. The molecular weight excluding hydrogens is 384 g/mol. The lowest BCUT2D eigenvalue weighted by Gasteiger charge is -2.19. The molecule has 1 saturated carbocycles. The Morgan fingerprint density at radius 3 is 2.30 bits per heavy atom. The Morgan fingerprint density at radius 2 is 1.73 bits per heavy atom. The second-order valence-corrected chi connectivity index (χ2v) is 8.66. The summed E-state index contributed by atoms with van der Waals surface area (Å²) >= 11 is 0. The van der Waals surface area contributed by atoms with E-state index < -0.39 is 0 Å². The van der Waals surface area contributed by atoms with Crippen LogP contribution >= 0.6 is 0 Å². The van der Waals surface area contributed by atoms with Crippen LogP contribution in [0.25, 0.3) is 0 Å². The highest BCUT2D eigenvalue weighted by molar-refractivity contribution is 6.07. The van der Waals surface area contributed by atoms with Crippen LogP contribution in [0.5, 0.6) is 11.5 Å². The highest BCUT2D eigenvalue weighted by atomic mass is 16.5. The quantitative estimate of drug-likeness (QED) is 0.659. The van der Waals surface area contributed by atoms with Crippen LogP contribution in [0.4, 0.5) is 0 Å². The van der Waals surface area contributed by atoms with Gasteiger partial charge < -0.3 is 14.8 Å². The van der Waals surface area contributed by atoms with Gasteiger partial charge in [0.2, 0.25) is 17.7 Å². The molecule has 7 heteroatoms. The Bertz CT molecular complexity index is 783. The summed E-state index contributed by atoms with van der Waals surface area (Å²) in [4.78, 5) is 38.8. The molecule has 30 heavy (non-hydrogen) atoms. The number of ether oxygens (including phenoxy) is 2. The molecule has 7 nitrogen and oxygen atoms in total. The van der Waals surface area contributed by atoms with Gasteiger partial charge in [-0.25, -0.2) is 0 Å². The average Bonchev–Trinajstić information content (AvgIpc) is 2.97. The number of benzene rings is 1. The first-order valence-electron chi connectivity index (χ1n) is 10.8. The molecular formula is C23H32N2O5. The molecule has 1 saturated heterocycles. The molecule has 0 aromatic heterocycles. The minimum Gasteiger partial charge on any atom is -0.493 e. The molecule has 1 aliphatic heterocycles. The van der Waals surface area contributed by atoms with Crippen LogP contribution in [-0.2, 0) is 14.4 Å². The van der Waals surface area contributed by atoms with Crippen molar-refractivity contribution in [2.45, 2.75) is 52.5 Å². The monoisotopic (exact) mass is 416 g/mol. The maximum absolute atomic E-state index is 12.6. The molecule has 2 aliphatic rings. The van der Waals surface area contributed by atoms with Crippen LogP contribution in [0.2, 0.25) is 0 Å². The molecule has 1 heterocycles. The van der Waals surface area contributed by atoms with Crippen LogP contribution in [-0.4, -0.2) is 42.9 Å². The van der Waals surface area contributed by atoms with Gasteiger partial charge in [-0.05, 0) is 43.4 Å². The van der Waals surface area contributed by atoms with E-state index in [1.807, 2.05) is 25.1 Å². The van der Waals surface area contributed by atoms with Crippen LogP contribution in [0, 0.1) is 17.8 Å². The summed E-state index contributed by atoms with van der Waals surface area (Å²) in [5.41, 5.74) is 0.852. The first-order chi connectivity index (χ1) is 14.3. The smallest absolute Gasteiger partial charge is 0.240 e. The van der Waals surface area contributed by atoms with Crippen molar-refractivity contribution >= 4 is 17.7 Å². The van der Waals surface area contributed by atoms with E-state index in [2.05, 4.69) is 19.2 Å². The molecule has 1 N–H and O–H groups in total. The fraction of sp³-hybridized carbons (Fsp3) is 0.609. The summed E-state index contributed by atoms with van der Waals surface area (Å²) < 4.78 is 11.2. The normalized spacial score (nSPS) is 22.1. The second-order valence-electron chi connectivity index (χ2n) is 8.66. The number of methoxy groups -OCH3 is 1. The summed E-state index contributed by atoms with van der Waals surface area (Å²) in [6, 6.07) is 5.24. The van der Waals surface area contributed by atoms with Crippen molar-refractivity contribution in [3.63, 3.8) is 0 Å². The summed E-state index contributed by atoms with van der Waals surface area (Å²) in [5.74, 6) is 0.446. The highest BCUT2D eigenvalue weighted by Gasteiger charge is 2.48. The van der Waals surface area contributed by atoms with Gasteiger partial charge in [0.1, 0.15) is 6.54 Å². The lowest BCUT2D eigenvalue weighted by atomic mass is 9.81. The zero-order valence-electron chi connectivity index (χ0n) is 18.3. The minimum atomic E-state index is -0.345. The van der Waals surface area contributed by atoms with Crippen LogP contribution < -0.4 is 14.8 Å². The van der Waals surface area contributed by atoms with Gasteiger partial charge >= 0.3 is 0 Å².